The van der Waals surface area contributed by atoms with Crippen molar-refractivity contribution < 1.29 is 170 Å². The van der Waals surface area contributed by atoms with Crippen LogP contribution in [-0.2, 0) is 119 Å². The average molecular weight is 1710 g/mol. The highest BCUT2D eigenvalue weighted by Gasteiger charge is 2.47. The summed E-state index contributed by atoms with van der Waals surface area (Å²) in [6, 6.07) is -2.11. The Morgan fingerprint density at radius 1 is 0.398 bits per heavy atom. The second kappa shape index (κ2) is 60.2. The molecule has 0 saturated carbocycles. The lowest BCUT2D eigenvalue weighted by atomic mass is 9.92. The van der Waals surface area contributed by atoms with Crippen LogP contribution in [0.1, 0.15) is 136 Å². The summed E-state index contributed by atoms with van der Waals surface area (Å²) in [4.78, 5) is 33.4. The number of amides is 2. The number of rotatable bonds is 70. The number of carbonyl (C=O) groups is 2. The zero-order valence-electron chi connectivity index (χ0n) is 62.7. The van der Waals surface area contributed by atoms with Gasteiger partial charge in [0.2, 0.25) is 11.8 Å². The highest BCUT2D eigenvalue weighted by atomic mass is 32.7. The molecular formula is C63H124N2O36P4S3. The molecule has 108 heavy (non-hydrogen) atoms. The van der Waals surface area contributed by atoms with Gasteiger partial charge in [-0.15, -0.1) is 0 Å². The number of hydrogen-bond donors (Lipinski definition) is 12. The minimum Gasteiger partial charge on any atom is -0.394 e. The van der Waals surface area contributed by atoms with Crippen LogP contribution in [0.15, 0.2) is 0 Å². The second-order valence-corrected chi connectivity index (χ2v) is 37.6. The van der Waals surface area contributed by atoms with E-state index in [2.05, 4.69) is 14.8 Å². The maximum atomic E-state index is 13.7. The highest BCUT2D eigenvalue weighted by Crippen LogP contribution is 2.62. The van der Waals surface area contributed by atoms with Gasteiger partial charge >= 0.3 is 28.6 Å². The van der Waals surface area contributed by atoms with E-state index in [1.165, 1.54) is 35.2 Å². The Labute approximate surface area is 646 Å². The predicted octanol–water partition coefficient (Wildman–Crippen LogP) is 4.58. The molecule has 0 aromatic carbocycles. The van der Waals surface area contributed by atoms with Crippen LogP contribution < -0.4 is 10.6 Å². The molecule has 38 nitrogen and oxygen atoms in total. The molecular weight excluding hydrogens is 1580 g/mol. The van der Waals surface area contributed by atoms with Crippen LogP contribution in [0.3, 0.4) is 0 Å². The number of carbonyl (C=O) groups excluding carboxylic acids is 2. The Morgan fingerprint density at radius 3 is 1.08 bits per heavy atom. The summed E-state index contributed by atoms with van der Waals surface area (Å²) < 4.78 is 165. The van der Waals surface area contributed by atoms with E-state index >= 15 is 0 Å². The van der Waals surface area contributed by atoms with Crippen LogP contribution in [0.25, 0.3) is 0 Å². The van der Waals surface area contributed by atoms with Gasteiger partial charge in [0.1, 0.15) is 108 Å². The number of unbranched alkanes of at least 4 members (excludes halogenated alkanes) is 12. The molecule has 3 aliphatic rings. The number of nitrogens with one attached hydrogen (secondary N) is 2. The van der Waals surface area contributed by atoms with E-state index in [1.807, 2.05) is 0 Å². The van der Waals surface area contributed by atoms with Crippen LogP contribution in [0.4, 0.5) is 0 Å². The first kappa shape index (κ1) is 102. The van der Waals surface area contributed by atoms with Crippen LogP contribution in [0.5, 0.6) is 0 Å². The molecule has 0 aromatic rings. The molecule has 3 fully saturated rings. The topological polar surface area (TPSA) is 513 Å². The van der Waals surface area contributed by atoms with E-state index in [4.69, 9.17) is 87.4 Å². The van der Waals surface area contributed by atoms with Crippen molar-refractivity contribution in [1.29, 1.82) is 0 Å². The highest BCUT2D eigenvalue weighted by molar-refractivity contribution is 8.53. The molecule has 3 heterocycles. The van der Waals surface area contributed by atoms with E-state index in [-0.39, 0.29) is 125 Å². The molecule has 3 saturated heterocycles. The van der Waals surface area contributed by atoms with Gasteiger partial charge in [0.25, 0.3) is 0 Å². The molecule has 3 aliphatic heterocycles. The normalized spacial score (nSPS) is 26.5. The molecule has 0 radical (unpaired) electrons. The van der Waals surface area contributed by atoms with Crippen LogP contribution in [0.2, 0.25) is 0 Å². The van der Waals surface area contributed by atoms with E-state index < -0.39 is 151 Å². The maximum Gasteiger partial charge on any atom is 0.415 e. The lowest BCUT2D eigenvalue weighted by Crippen LogP contribution is -2.64. The van der Waals surface area contributed by atoms with E-state index in [1.54, 1.807) is 0 Å². The largest absolute Gasteiger partial charge is 0.415 e. The maximum absolute atomic E-state index is 13.7. The van der Waals surface area contributed by atoms with Gasteiger partial charge < -0.3 is 130 Å². The third-order valence-electron chi connectivity index (χ3n) is 16.6. The van der Waals surface area contributed by atoms with Crippen LogP contribution >= 0.6 is 63.6 Å². The average Bonchev–Trinajstić information content (AvgIpc) is 1.34. The summed E-state index contributed by atoms with van der Waals surface area (Å²) in [7, 11) is 1.08. The fourth-order valence-electron chi connectivity index (χ4n) is 11.0. The van der Waals surface area contributed by atoms with Gasteiger partial charge in [0.05, 0.1) is 126 Å². The van der Waals surface area contributed by atoms with Crippen molar-refractivity contribution in [3.05, 3.63) is 0 Å². The molecule has 3 rings (SSSR count). The molecule has 640 valence electrons. The van der Waals surface area contributed by atoms with Gasteiger partial charge in [-0.2, -0.15) is 0 Å². The van der Waals surface area contributed by atoms with E-state index in [0.29, 0.717) is 145 Å². The van der Waals surface area contributed by atoms with E-state index in [0.717, 1.165) is 12.8 Å². The zero-order chi connectivity index (χ0) is 79.5. The lowest BCUT2D eigenvalue weighted by Gasteiger charge is -2.42. The summed E-state index contributed by atoms with van der Waals surface area (Å²) >= 11 is 1.52. The lowest BCUT2D eigenvalue weighted by molar-refractivity contribution is -0.270. The van der Waals surface area contributed by atoms with Crippen molar-refractivity contribution >= 4 is 75.4 Å². The zero-order valence-corrected chi connectivity index (χ0v) is 68.9. The Hall–Kier alpha value is -0.290. The fourth-order valence-corrected chi connectivity index (χ4v) is 17.8. The first-order valence-electron chi connectivity index (χ1n) is 36.6. The molecule has 45 heteroatoms. The number of aliphatic hydroxyl groups excluding tert-OH is 9. The first-order chi connectivity index (χ1) is 51.9. The summed E-state index contributed by atoms with van der Waals surface area (Å²) in [5, 5.41) is 95.3. The predicted molar refractivity (Wildman–Crippen MR) is 394 cm³/mol. The Kier molecular flexibility index (Phi) is 56.8. The minimum atomic E-state index is -3.93. The molecule has 2 amide bonds. The summed E-state index contributed by atoms with van der Waals surface area (Å²) in [5.41, 5.74) is -0.963. The number of hydrogen-bond acceptors (Lipinski definition) is 38. The van der Waals surface area contributed by atoms with Gasteiger partial charge in [0.15, 0.2) is 12.6 Å². The van der Waals surface area contributed by atoms with Crippen molar-refractivity contribution in [2.24, 2.45) is 5.41 Å². The quantitative estimate of drug-likeness (QED) is 0.0225. The molecule has 12 N–H and O–H groups in total. The molecule has 0 bridgehead atoms. The minimum absolute atomic E-state index is 0.0293. The van der Waals surface area contributed by atoms with Gasteiger partial charge in [-0.1, -0.05) is 51.4 Å². The van der Waals surface area contributed by atoms with Crippen molar-refractivity contribution in [3.63, 3.8) is 0 Å². The first-order valence-corrected chi connectivity index (χ1v) is 46.5. The summed E-state index contributed by atoms with van der Waals surface area (Å²) in [6.45, 7) is -8.52. The molecule has 0 spiro atoms. The smallest absolute Gasteiger partial charge is 0.394 e. The molecule has 0 aromatic heterocycles. The molecule has 0 aliphatic carbocycles. The Bertz CT molecular complexity index is 2500. The van der Waals surface area contributed by atoms with Crippen LogP contribution in [-0.4, -0.2) is 315 Å². The monoisotopic (exact) mass is 1700 g/mol. The molecule has 18 unspecified atom stereocenters. The van der Waals surface area contributed by atoms with Gasteiger partial charge in [0, 0.05) is 60.1 Å². The van der Waals surface area contributed by atoms with Crippen LogP contribution in [0, 0.1) is 5.41 Å². The van der Waals surface area contributed by atoms with Crippen molar-refractivity contribution in [1.82, 2.24) is 10.6 Å². The van der Waals surface area contributed by atoms with Gasteiger partial charge in [-0.25, -0.2) is 13.7 Å². The number of aliphatic hydroxyl groups is 9. The Balaban J connectivity index is 1.58. The SMILES string of the molecule is COSP(=O)(O)OCCCCCCOCC(COCCCO[PH](=O)OCCCCCCOC1OC(CO)C(O)C(O)C1NC(C)=O)(COCCCOP(=O)(OCCCCCCOC[C@@H]1OC(CO)C(O)C1O)SOC)COCCCOP(=O)(OCCCCCCOC1OC(CO)C(O)C(O)C1NC(C)=O)SOC. The number of ether oxygens (including phenoxy) is 10. The third kappa shape index (κ3) is 43.2. The van der Waals surface area contributed by atoms with Gasteiger partial charge in [-0.3, -0.25) is 36.8 Å². The summed E-state index contributed by atoms with van der Waals surface area (Å²) in [6.07, 6.45) is -3.21. The molecule has 19 atom stereocenters. The van der Waals surface area contributed by atoms with Gasteiger partial charge in [-0.05, 0) is 70.6 Å². The van der Waals surface area contributed by atoms with E-state index in [9.17, 15) is 78.7 Å². The van der Waals surface area contributed by atoms with Crippen molar-refractivity contribution in [2.75, 3.05) is 167 Å². The second-order valence-electron chi connectivity index (χ2n) is 25.7. The Morgan fingerprint density at radius 2 is 0.704 bits per heavy atom. The van der Waals surface area contributed by atoms with Crippen molar-refractivity contribution in [3.8, 4) is 0 Å². The van der Waals surface area contributed by atoms with Crippen molar-refractivity contribution in [2.45, 2.75) is 222 Å². The third-order valence-corrected chi connectivity index (χ3v) is 25.5. The standard InChI is InChI=1S/C63H124N2O36P4S3/c1-47(69)64-53-59(75)56(72)50(40-67)100-61(53)90-30-16-8-10-18-32-92-102(77)93-33-22-27-87-44-63(43-86-26-15-7-11-19-34-94-103(78,79)106-82-3,45-88-28-23-37-97-104(80,107-83-4)95-35-20-12-6-14-25-85-42-52-58(74)55(71)49(39-66)99-52)46-89-29-24-38-98-105(81,108-84-5)96-36-21-13-9-17-31-91-62-54(65-48(2)70)60(76)57(73)51(41-68)101-62/h49-62,66-68,71-76,102H,6-46H2,1-5H3,(H,64,69)(H,65,70)(H,78,79)/t49?,50?,51?,52-,53?,54?,55?,56?,57?,58?,59?,60?,61?,62?,63?,104?,105?/m0/s1. The summed E-state index contributed by atoms with van der Waals surface area (Å²) in [5.74, 6) is -0.931. The fraction of sp³-hybridized carbons (Fsp3) is 0.968.